The van der Waals surface area contributed by atoms with E-state index in [1.165, 1.54) is 29.3 Å². The molecule has 2 aromatic carbocycles. The van der Waals surface area contributed by atoms with Crippen LogP contribution in [-0.4, -0.2) is 18.2 Å². The van der Waals surface area contributed by atoms with Gasteiger partial charge in [-0.05, 0) is 56.1 Å². The molecule has 3 aromatic rings. The summed E-state index contributed by atoms with van der Waals surface area (Å²) in [7, 11) is 1.47. The molecule has 0 saturated heterocycles. The first kappa shape index (κ1) is 17.5. The van der Waals surface area contributed by atoms with Crippen LogP contribution in [0.15, 0.2) is 42.5 Å². The number of methoxy groups -OCH3 is 1. The predicted molar refractivity (Wildman–Crippen MR) is 101 cm³/mol. The summed E-state index contributed by atoms with van der Waals surface area (Å²) < 4.78 is 21.4. The Kier molecular flexibility index (Phi) is 5.09. The summed E-state index contributed by atoms with van der Waals surface area (Å²) in [6, 6.07) is 13.6. The molecule has 1 unspecified atom stereocenters. The highest BCUT2D eigenvalue weighted by atomic mass is 19.1. The molecule has 2 N–H and O–H groups in total. The van der Waals surface area contributed by atoms with Gasteiger partial charge >= 0.3 is 0 Å². The van der Waals surface area contributed by atoms with Crippen molar-refractivity contribution in [3.8, 4) is 5.75 Å². The van der Waals surface area contributed by atoms with Gasteiger partial charge in [0.05, 0.1) is 7.11 Å². The van der Waals surface area contributed by atoms with Crippen molar-refractivity contribution >= 4 is 10.9 Å². The van der Waals surface area contributed by atoms with Crippen LogP contribution in [0, 0.1) is 12.7 Å². The number of para-hydroxylation sites is 1. The van der Waals surface area contributed by atoms with E-state index in [1.54, 1.807) is 12.1 Å². The number of aromatic nitrogens is 1. The molecule has 132 valence electrons. The predicted octanol–water partition coefficient (Wildman–Crippen LogP) is 4.40. The minimum Gasteiger partial charge on any atom is -0.494 e. The van der Waals surface area contributed by atoms with Gasteiger partial charge in [-0.1, -0.05) is 24.3 Å². The fourth-order valence-electron chi connectivity index (χ4n) is 3.69. The molecule has 0 aliphatic carbocycles. The van der Waals surface area contributed by atoms with Gasteiger partial charge in [0.2, 0.25) is 0 Å². The van der Waals surface area contributed by atoms with Crippen LogP contribution in [0.2, 0.25) is 0 Å². The van der Waals surface area contributed by atoms with E-state index in [0.29, 0.717) is 6.54 Å². The van der Waals surface area contributed by atoms with Gasteiger partial charge in [0.25, 0.3) is 0 Å². The van der Waals surface area contributed by atoms with Gasteiger partial charge < -0.3 is 15.0 Å². The number of benzene rings is 2. The third-order valence-corrected chi connectivity index (χ3v) is 5.06. The molecule has 25 heavy (non-hydrogen) atoms. The van der Waals surface area contributed by atoms with Crippen LogP contribution in [0.5, 0.6) is 5.75 Å². The monoisotopic (exact) mass is 340 g/mol. The van der Waals surface area contributed by atoms with Gasteiger partial charge in [-0.15, -0.1) is 0 Å². The Bertz CT molecular complexity index is 885. The van der Waals surface area contributed by atoms with E-state index < -0.39 is 0 Å². The average molecular weight is 340 g/mol. The topological polar surface area (TPSA) is 40.2 Å². The molecule has 1 atom stereocenters. The fraction of sp³-hybridized carbons (Fsp3) is 0.333. The van der Waals surface area contributed by atoms with Crippen molar-refractivity contribution in [3.05, 3.63) is 65.1 Å². The van der Waals surface area contributed by atoms with Crippen molar-refractivity contribution in [2.75, 3.05) is 13.7 Å². The third kappa shape index (κ3) is 3.14. The van der Waals surface area contributed by atoms with Crippen LogP contribution in [0.4, 0.5) is 4.39 Å². The zero-order valence-corrected chi connectivity index (χ0v) is 15.1. The summed E-state index contributed by atoms with van der Waals surface area (Å²) in [5.41, 5.74) is 10.8. The second-order valence-corrected chi connectivity index (χ2v) is 6.36. The first-order valence-corrected chi connectivity index (χ1v) is 8.70. The van der Waals surface area contributed by atoms with Gasteiger partial charge in [0.1, 0.15) is 0 Å². The average Bonchev–Trinajstić information content (AvgIpc) is 2.90. The van der Waals surface area contributed by atoms with Crippen molar-refractivity contribution in [2.45, 2.75) is 32.7 Å². The number of hydrogen-bond acceptors (Lipinski definition) is 2. The Morgan fingerprint density at radius 3 is 2.60 bits per heavy atom. The molecule has 3 rings (SSSR count). The number of ether oxygens (including phenoxy) is 1. The Morgan fingerprint density at radius 1 is 1.20 bits per heavy atom. The van der Waals surface area contributed by atoms with Gasteiger partial charge in [0.15, 0.2) is 11.6 Å². The number of halogens is 1. The normalized spacial score (nSPS) is 12.5. The van der Waals surface area contributed by atoms with Crippen LogP contribution in [0.1, 0.15) is 29.7 Å². The highest BCUT2D eigenvalue weighted by Crippen LogP contribution is 2.31. The van der Waals surface area contributed by atoms with E-state index in [9.17, 15) is 4.39 Å². The summed E-state index contributed by atoms with van der Waals surface area (Å²) in [5.74, 6) is -0.0142. The molecule has 1 aromatic heterocycles. The lowest BCUT2D eigenvalue weighted by molar-refractivity contribution is 0.386. The molecule has 0 radical (unpaired) electrons. The summed E-state index contributed by atoms with van der Waals surface area (Å²) in [4.78, 5) is 0. The molecular formula is C21H25FN2O. The molecule has 0 aliphatic heterocycles. The summed E-state index contributed by atoms with van der Waals surface area (Å²) in [6.07, 6.45) is 0.793. The highest BCUT2D eigenvalue weighted by Gasteiger charge is 2.19. The Labute approximate surface area is 148 Å². The van der Waals surface area contributed by atoms with E-state index >= 15 is 0 Å². The molecule has 1 heterocycles. The first-order valence-electron chi connectivity index (χ1n) is 8.70. The van der Waals surface area contributed by atoms with E-state index in [-0.39, 0.29) is 17.5 Å². The van der Waals surface area contributed by atoms with E-state index in [2.05, 4.69) is 42.7 Å². The molecule has 0 bridgehead atoms. The molecule has 0 fully saturated rings. The van der Waals surface area contributed by atoms with Crippen molar-refractivity contribution < 1.29 is 9.13 Å². The Balaban J connectivity index is 2.01. The number of hydrogen-bond donors (Lipinski definition) is 1. The Morgan fingerprint density at radius 2 is 1.96 bits per heavy atom. The van der Waals surface area contributed by atoms with Crippen molar-refractivity contribution in [1.82, 2.24) is 4.57 Å². The standard InChI is InChI=1S/C21H25FN2O/c1-4-24-14(2)18(17-7-5-6-8-20(17)24)11-16(13-23)15-9-10-21(25-3)19(22)12-15/h5-10,12,16H,4,11,13,23H2,1-3H3. The lowest BCUT2D eigenvalue weighted by atomic mass is 9.90. The van der Waals surface area contributed by atoms with Gasteiger partial charge in [-0.25, -0.2) is 4.39 Å². The second-order valence-electron chi connectivity index (χ2n) is 6.36. The summed E-state index contributed by atoms with van der Waals surface area (Å²) in [5, 5.41) is 1.26. The van der Waals surface area contributed by atoms with Crippen LogP contribution >= 0.6 is 0 Å². The van der Waals surface area contributed by atoms with Gasteiger partial charge in [-0.3, -0.25) is 0 Å². The maximum atomic E-state index is 14.1. The highest BCUT2D eigenvalue weighted by molar-refractivity contribution is 5.85. The number of rotatable bonds is 6. The van der Waals surface area contributed by atoms with Crippen LogP contribution in [0.3, 0.4) is 0 Å². The van der Waals surface area contributed by atoms with Gasteiger partial charge in [-0.2, -0.15) is 0 Å². The molecule has 0 saturated carbocycles. The van der Waals surface area contributed by atoms with Crippen LogP contribution in [0.25, 0.3) is 10.9 Å². The lowest BCUT2D eigenvalue weighted by Gasteiger charge is -2.17. The quantitative estimate of drug-likeness (QED) is 0.722. The largest absolute Gasteiger partial charge is 0.494 e. The van der Waals surface area contributed by atoms with Crippen molar-refractivity contribution in [1.29, 1.82) is 0 Å². The molecular weight excluding hydrogens is 315 g/mol. The Hall–Kier alpha value is -2.33. The zero-order chi connectivity index (χ0) is 18.0. The smallest absolute Gasteiger partial charge is 0.165 e. The number of fused-ring (bicyclic) bond motifs is 1. The van der Waals surface area contributed by atoms with Crippen molar-refractivity contribution in [3.63, 3.8) is 0 Å². The summed E-state index contributed by atoms with van der Waals surface area (Å²) in [6.45, 7) is 5.71. The van der Waals surface area contributed by atoms with E-state index in [4.69, 9.17) is 10.5 Å². The zero-order valence-electron chi connectivity index (χ0n) is 15.1. The first-order chi connectivity index (χ1) is 12.1. The minimum absolute atomic E-state index is 0.0650. The van der Waals surface area contributed by atoms with E-state index in [1.807, 2.05) is 6.07 Å². The molecule has 0 amide bonds. The molecule has 0 spiro atoms. The maximum absolute atomic E-state index is 14.1. The minimum atomic E-state index is -0.342. The van der Waals surface area contributed by atoms with Crippen LogP contribution < -0.4 is 10.5 Å². The van der Waals surface area contributed by atoms with Gasteiger partial charge in [0, 0.05) is 29.1 Å². The van der Waals surface area contributed by atoms with Crippen LogP contribution in [-0.2, 0) is 13.0 Å². The second kappa shape index (κ2) is 7.28. The molecule has 4 heteroatoms. The lowest BCUT2D eigenvalue weighted by Crippen LogP contribution is -2.16. The maximum Gasteiger partial charge on any atom is 0.165 e. The SMILES string of the molecule is CCn1c(C)c(CC(CN)c2ccc(OC)c(F)c2)c2ccccc21. The van der Waals surface area contributed by atoms with E-state index in [0.717, 1.165) is 18.5 Å². The fourth-order valence-corrected chi connectivity index (χ4v) is 3.69. The number of nitrogens with zero attached hydrogens (tertiary/aromatic N) is 1. The molecule has 3 nitrogen and oxygen atoms in total. The molecule has 0 aliphatic rings. The third-order valence-electron chi connectivity index (χ3n) is 5.06. The number of nitrogens with two attached hydrogens (primary N) is 1. The number of aryl methyl sites for hydroxylation is 1. The summed E-state index contributed by atoms with van der Waals surface area (Å²) >= 11 is 0. The van der Waals surface area contributed by atoms with Crippen molar-refractivity contribution in [2.24, 2.45) is 5.73 Å².